The molecule has 0 spiro atoms. The Labute approximate surface area is 174 Å². The summed E-state index contributed by atoms with van der Waals surface area (Å²) in [6.07, 6.45) is 0.866. The molecule has 0 fully saturated rings. The van der Waals surface area contributed by atoms with E-state index in [0.29, 0.717) is 24.3 Å². The summed E-state index contributed by atoms with van der Waals surface area (Å²) in [5, 5.41) is 0. The van der Waals surface area contributed by atoms with Crippen LogP contribution in [0.2, 0.25) is 0 Å². The number of aryl methyl sites for hydroxylation is 1. The van der Waals surface area contributed by atoms with Gasteiger partial charge in [-0.25, -0.2) is 8.42 Å². The Kier molecular flexibility index (Phi) is 7.81. The van der Waals surface area contributed by atoms with E-state index in [1.807, 2.05) is 51.9 Å². The molecule has 2 aromatic rings. The number of likely N-dealkylation sites (N-methyl/N-ethyl adjacent to an activating group) is 1. The second kappa shape index (κ2) is 9.89. The molecule has 0 aromatic heterocycles. The van der Waals surface area contributed by atoms with E-state index in [2.05, 4.69) is 4.72 Å². The van der Waals surface area contributed by atoms with Gasteiger partial charge in [0.05, 0.1) is 10.6 Å². The molecular formula is C22H31N3O3S. The highest BCUT2D eigenvalue weighted by Gasteiger charge is 2.19. The van der Waals surface area contributed by atoms with E-state index in [4.69, 9.17) is 0 Å². The fourth-order valence-corrected chi connectivity index (χ4v) is 4.05. The molecule has 0 saturated heterocycles. The van der Waals surface area contributed by atoms with Gasteiger partial charge in [-0.3, -0.25) is 9.52 Å². The van der Waals surface area contributed by atoms with E-state index < -0.39 is 10.0 Å². The van der Waals surface area contributed by atoms with Crippen molar-refractivity contribution in [2.75, 3.05) is 38.5 Å². The number of anilines is 1. The van der Waals surface area contributed by atoms with Crippen LogP contribution in [0.1, 0.15) is 34.8 Å². The number of carbonyl (C=O) groups excluding carboxylic acids is 1. The molecule has 1 amide bonds. The van der Waals surface area contributed by atoms with Crippen molar-refractivity contribution in [1.29, 1.82) is 0 Å². The van der Waals surface area contributed by atoms with Gasteiger partial charge in [-0.15, -0.1) is 0 Å². The minimum Gasteiger partial charge on any atom is -0.337 e. The average molecular weight is 418 g/mol. The van der Waals surface area contributed by atoms with Crippen molar-refractivity contribution in [3.05, 3.63) is 59.2 Å². The summed E-state index contributed by atoms with van der Waals surface area (Å²) in [4.78, 5) is 16.8. The van der Waals surface area contributed by atoms with Gasteiger partial charge in [0.2, 0.25) is 0 Å². The average Bonchev–Trinajstić information content (AvgIpc) is 2.68. The Morgan fingerprint density at radius 2 is 1.62 bits per heavy atom. The first-order chi connectivity index (χ1) is 13.7. The van der Waals surface area contributed by atoms with Crippen molar-refractivity contribution in [2.24, 2.45) is 0 Å². The molecule has 0 radical (unpaired) electrons. The summed E-state index contributed by atoms with van der Waals surface area (Å²) >= 11 is 0. The topological polar surface area (TPSA) is 69.7 Å². The number of hydrogen-bond donors (Lipinski definition) is 1. The smallest absolute Gasteiger partial charge is 0.261 e. The quantitative estimate of drug-likeness (QED) is 0.678. The molecule has 1 N–H and O–H groups in total. The lowest BCUT2D eigenvalue weighted by atomic mass is 10.1. The predicted molar refractivity (Wildman–Crippen MR) is 118 cm³/mol. The highest BCUT2D eigenvalue weighted by Crippen LogP contribution is 2.22. The van der Waals surface area contributed by atoms with E-state index >= 15 is 0 Å². The van der Waals surface area contributed by atoms with Crippen molar-refractivity contribution in [2.45, 2.75) is 32.1 Å². The zero-order valence-corrected chi connectivity index (χ0v) is 18.7. The Morgan fingerprint density at radius 3 is 2.21 bits per heavy atom. The van der Waals surface area contributed by atoms with Crippen molar-refractivity contribution < 1.29 is 13.2 Å². The number of benzene rings is 2. The molecule has 0 aliphatic carbocycles. The van der Waals surface area contributed by atoms with Gasteiger partial charge in [0, 0.05) is 25.2 Å². The summed E-state index contributed by atoms with van der Waals surface area (Å²) < 4.78 is 28.1. The molecule has 0 heterocycles. The second-order valence-corrected chi connectivity index (χ2v) is 9.16. The molecule has 0 aliphatic rings. The van der Waals surface area contributed by atoms with Crippen molar-refractivity contribution in [3.63, 3.8) is 0 Å². The Bertz CT molecular complexity index is 938. The molecule has 0 saturated carbocycles. The maximum Gasteiger partial charge on any atom is 0.261 e. The first-order valence-corrected chi connectivity index (χ1v) is 11.3. The molecule has 0 aliphatic heterocycles. The van der Waals surface area contributed by atoms with Crippen LogP contribution in [-0.4, -0.2) is 57.9 Å². The van der Waals surface area contributed by atoms with Gasteiger partial charge < -0.3 is 9.80 Å². The lowest BCUT2D eigenvalue weighted by Crippen LogP contribution is -2.37. The van der Waals surface area contributed by atoms with Crippen LogP contribution in [0.3, 0.4) is 0 Å². The number of sulfonamides is 1. The Balaban J connectivity index is 2.19. The van der Waals surface area contributed by atoms with Crippen molar-refractivity contribution in [1.82, 2.24) is 9.80 Å². The lowest BCUT2D eigenvalue weighted by molar-refractivity contribution is 0.0745. The van der Waals surface area contributed by atoms with Gasteiger partial charge in [-0.2, -0.15) is 0 Å². The summed E-state index contributed by atoms with van der Waals surface area (Å²) in [7, 11) is 0.210. The molecule has 0 unspecified atom stereocenters. The third kappa shape index (κ3) is 6.05. The van der Waals surface area contributed by atoms with Crippen molar-refractivity contribution >= 4 is 21.6 Å². The summed E-state index contributed by atoms with van der Waals surface area (Å²) in [6, 6.07) is 11.6. The van der Waals surface area contributed by atoms with Crippen LogP contribution in [0.15, 0.2) is 47.4 Å². The van der Waals surface area contributed by atoms with E-state index in [0.717, 1.165) is 24.1 Å². The van der Waals surface area contributed by atoms with Gasteiger partial charge >= 0.3 is 0 Å². The van der Waals surface area contributed by atoms with Gasteiger partial charge in [-0.1, -0.05) is 19.1 Å². The summed E-state index contributed by atoms with van der Waals surface area (Å²) in [5.41, 5.74) is 2.95. The van der Waals surface area contributed by atoms with Gasteiger partial charge in [0.25, 0.3) is 15.9 Å². The van der Waals surface area contributed by atoms with Crippen LogP contribution >= 0.6 is 0 Å². The molecule has 29 heavy (non-hydrogen) atoms. The zero-order valence-electron chi connectivity index (χ0n) is 17.9. The predicted octanol–water partition coefficient (Wildman–Crippen LogP) is 3.52. The third-order valence-electron chi connectivity index (χ3n) is 4.86. The fourth-order valence-electron chi connectivity index (χ4n) is 2.93. The fraction of sp³-hybridized carbons (Fsp3) is 0.409. The molecule has 2 rings (SSSR count). The van der Waals surface area contributed by atoms with Crippen LogP contribution in [0.4, 0.5) is 5.69 Å². The number of nitrogens with zero attached hydrogens (tertiary/aromatic N) is 2. The van der Waals surface area contributed by atoms with E-state index in [1.54, 1.807) is 23.1 Å². The summed E-state index contributed by atoms with van der Waals surface area (Å²) in [6.45, 7) is 7.92. The molecule has 2 aromatic carbocycles. The van der Waals surface area contributed by atoms with Crippen LogP contribution in [0, 0.1) is 13.8 Å². The molecular weight excluding hydrogens is 386 g/mol. The minimum atomic E-state index is -3.73. The lowest BCUT2D eigenvalue weighted by Gasteiger charge is -2.24. The number of nitrogens with one attached hydrogen (secondary N) is 1. The molecule has 0 atom stereocenters. The summed E-state index contributed by atoms with van der Waals surface area (Å²) in [5.74, 6) is -0.0832. The largest absolute Gasteiger partial charge is 0.337 e. The number of rotatable bonds is 9. The van der Waals surface area contributed by atoms with Gasteiger partial charge in [-0.05, 0) is 75.8 Å². The maximum absolute atomic E-state index is 12.8. The van der Waals surface area contributed by atoms with E-state index in [9.17, 15) is 13.2 Å². The van der Waals surface area contributed by atoms with Crippen LogP contribution < -0.4 is 4.72 Å². The maximum atomic E-state index is 12.8. The zero-order chi connectivity index (χ0) is 21.6. The highest BCUT2D eigenvalue weighted by molar-refractivity contribution is 7.92. The highest BCUT2D eigenvalue weighted by atomic mass is 32.2. The number of amides is 1. The molecule has 6 nitrogen and oxygen atoms in total. The standard InChI is InChI=1S/C22H31N3O3S/c1-6-14-25(16-15-24(4)5)22(26)19-10-12-20(13-11-19)29(27,28)23-21-9-7-8-17(2)18(21)3/h7-13,23H,6,14-16H2,1-5H3. The SMILES string of the molecule is CCCN(CCN(C)C)C(=O)c1ccc(S(=O)(=O)Nc2cccc(C)c2C)cc1. The first kappa shape index (κ1) is 22.9. The number of carbonyl (C=O) groups is 1. The minimum absolute atomic E-state index is 0.0832. The van der Waals surface area contributed by atoms with E-state index in [1.165, 1.54) is 12.1 Å². The van der Waals surface area contributed by atoms with Gasteiger partial charge in [0.15, 0.2) is 0 Å². The Morgan fingerprint density at radius 1 is 0.966 bits per heavy atom. The molecule has 7 heteroatoms. The molecule has 158 valence electrons. The number of hydrogen-bond acceptors (Lipinski definition) is 4. The van der Waals surface area contributed by atoms with E-state index in [-0.39, 0.29) is 10.8 Å². The normalized spacial score (nSPS) is 11.5. The first-order valence-electron chi connectivity index (χ1n) is 9.78. The van der Waals surface area contributed by atoms with Crippen LogP contribution in [0.25, 0.3) is 0 Å². The second-order valence-electron chi connectivity index (χ2n) is 7.47. The third-order valence-corrected chi connectivity index (χ3v) is 6.24. The van der Waals surface area contributed by atoms with Crippen molar-refractivity contribution in [3.8, 4) is 0 Å². The Hall–Kier alpha value is -2.38. The van der Waals surface area contributed by atoms with Gasteiger partial charge in [0.1, 0.15) is 0 Å². The molecule has 0 bridgehead atoms. The van der Waals surface area contributed by atoms with Crippen LogP contribution in [-0.2, 0) is 10.0 Å². The van der Waals surface area contributed by atoms with Crippen LogP contribution in [0.5, 0.6) is 0 Å². The monoisotopic (exact) mass is 417 g/mol.